The molecule has 17 heavy (non-hydrogen) atoms. The molecule has 2 nitrogen and oxygen atoms in total. The molecule has 0 unspecified atom stereocenters. The van der Waals surface area contributed by atoms with Crippen molar-refractivity contribution in [2.75, 3.05) is 11.1 Å². The summed E-state index contributed by atoms with van der Waals surface area (Å²) in [5.74, 6) is -0.322. The molecule has 0 atom stereocenters. The summed E-state index contributed by atoms with van der Waals surface area (Å²) >= 11 is 0. The molecule has 0 saturated carbocycles. The maximum atomic E-state index is 13.5. The second-order valence-electron chi connectivity index (χ2n) is 4.05. The van der Waals surface area contributed by atoms with Gasteiger partial charge in [0, 0.05) is 6.54 Å². The smallest absolute Gasteiger partial charge is 0.148 e. The fourth-order valence-electron chi connectivity index (χ4n) is 1.74. The number of nitrogens with two attached hydrogens (primary N) is 1. The largest absolute Gasteiger partial charge is 0.397 e. The first kappa shape index (κ1) is 11.5. The SMILES string of the molecule is Cc1cccc(CNc2c(N)cccc2F)c1. The van der Waals surface area contributed by atoms with Crippen LogP contribution in [0.25, 0.3) is 0 Å². The normalized spacial score (nSPS) is 10.2. The van der Waals surface area contributed by atoms with Crippen molar-refractivity contribution < 1.29 is 4.39 Å². The molecule has 0 spiro atoms. The van der Waals surface area contributed by atoms with Crippen LogP contribution in [-0.4, -0.2) is 0 Å². The van der Waals surface area contributed by atoms with Crippen LogP contribution in [0, 0.1) is 12.7 Å². The van der Waals surface area contributed by atoms with Crippen LogP contribution in [0.15, 0.2) is 42.5 Å². The highest BCUT2D eigenvalue weighted by Crippen LogP contribution is 2.22. The third-order valence-electron chi connectivity index (χ3n) is 2.60. The average Bonchev–Trinajstić information content (AvgIpc) is 2.28. The lowest BCUT2D eigenvalue weighted by Crippen LogP contribution is -2.04. The minimum Gasteiger partial charge on any atom is -0.397 e. The molecule has 0 aliphatic heterocycles. The van der Waals surface area contributed by atoms with Crippen LogP contribution >= 0.6 is 0 Å². The predicted molar refractivity (Wildman–Crippen MR) is 69.3 cm³/mol. The summed E-state index contributed by atoms with van der Waals surface area (Å²) in [7, 11) is 0. The van der Waals surface area contributed by atoms with E-state index in [4.69, 9.17) is 5.73 Å². The zero-order chi connectivity index (χ0) is 12.3. The van der Waals surface area contributed by atoms with Gasteiger partial charge < -0.3 is 11.1 Å². The number of nitrogens with one attached hydrogen (secondary N) is 1. The Hall–Kier alpha value is -2.03. The van der Waals surface area contributed by atoms with Gasteiger partial charge in [0.15, 0.2) is 0 Å². The van der Waals surface area contributed by atoms with Crippen molar-refractivity contribution in [2.24, 2.45) is 0 Å². The summed E-state index contributed by atoms with van der Waals surface area (Å²) in [4.78, 5) is 0. The fraction of sp³-hybridized carbons (Fsp3) is 0.143. The second kappa shape index (κ2) is 4.87. The van der Waals surface area contributed by atoms with Crippen LogP contribution in [0.4, 0.5) is 15.8 Å². The van der Waals surface area contributed by atoms with Crippen molar-refractivity contribution in [1.29, 1.82) is 0 Å². The monoisotopic (exact) mass is 230 g/mol. The number of hydrogen-bond donors (Lipinski definition) is 2. The van der Waals surface area contributed by atoms with Crippen LogP contribution in [0.5, 0.6) is 0 Å². The quantitative estimate of drug-likeness (QED) is 0.794. The zero-order valence-electron chi connectivity index (χ0n) is 9.70. The van der Waals surface area contributed by atoms with Gasteiger partial charge in [0.25, 0.3) is 0 Å². The Morgan fingerprint density at radius 2 is 1.94 bits per heavy atom. The van der Waals surface area contributed by atoms with Crippen molar-refractivity contribution in [3.05, 3.63) is 59.4 Å². The predicted octanol–water partition coefficient (Wildman–Crippen LogP) is 3.33. The molecular weight excluding hydrogens is 215 g/mol. The summed E-state index contributed by atoms with van der Waals surface area (Å²) in [6.07, 6.45) is 0. The van der Waals surface area contributed by atoms with E-state index in [1.54, 1.807) is 12.1 Å². The number of nitrogen functional groups attached to an aromatic ring is 1. The lowest BCUT2D eigenvalue weighted by Gasteiger charge is -2.10. The third kappa shape index (κ3) is 2.75. The average molecular weight is 230 g/mol. The molecule has 0 fully saturated rings. The molecule has 2 aromatic rings. The van der Waals surface area contributed by atoms with Crippen LogP contribution < -0.4 is 11.1 Å². The number of benzene rings is 2. The summed E-state index contributed by atoms with van der Waals surface area (Å²) in [5.41, 5.74) is 8.80. The first-order valence-electron chi connectivity index (χ1n) is 5.50. The molecule has 3 N–H and O–H groups in total. The Labute approximate surface area is 100 Å². The van der Waals surface area contributed by atoms with E-state index in [-0.39, 0.29) is 5.82 Å². The van der Waals surface area contributed by atoms with Crippen LogP contribution in [0.3, 0.4) is 0 Å². The molecule has 0 aliphatic carbocycles. The van der Waals surface area contributed by atoms with Crippen molar-refractivity contribution in [3.8, 4) is 0 Å². The van der Waals surface area contributed by atoms with Gasteiger partial charge in [-0.1, -0.05) is 35.9 Å². The van der Waals surface area contributed by atoms with Gasteiger partial charge in [-0.05, 0) is 24.6 Å². The molecular formula is C14H15FN2. The minimum absolute atomic E-state index is 0.322. The second-order valence-corrected chi connectivity index (χ2v) is 4.05. The van der Waals surface area contributed by atoms with E-state index in [2.05, 4.69) is 11.4 Å². The summed E-state index contributed by atoms with van der Waals surface area (Å²) < 4.78 is 13.5. The zero-order valence-corrected chi connectivity index (χ0v) is 9.70. The third-order valence-corrected chi connectivity index (χ3v) is 2.60. The van der Waals surface area contributed by atoms with E-state index in [9.17, 15) is 4.39 Å². The van der Waals surface area contributed by atoms with Crippen molar-refractivity contribution in [3.63, 3.8) is 0 Å². The van der Waals surface area contributed by atoms with E-state index < -0.39 is 0 Å². The maximum Gasteiger partial charge on any atom is 0.148 e. The topological polar surface area (TPSA) is 38.0 Å². The molecule has 88 valence electrons. The van der Waals surface area contributed by atoms with E-state index >= 15 is 0 Å². The van der Waals surface area contributed by atoms with Crippen molar-refractivity contribution in [1.82, 2.24) is 0 Å². The van der Waals surface area contributed by atoms with Crippen LogP contribution in [0.1, 0.15) is 11.1 Å². The minimum atomic E-state index is -0.322. The van der Waals surface area contributed by atoms with Gasteiger partial charge >= 0.3 is 0 Å². The van der Waals surface area contributed by atoms with Gasteiger partial charge in [0.2, 0.25) is 0 Å². The fourth-order valence-corrected chi connectivity index (χ4v) is 1.74. The van der Waals surface area contributed by atoms with Gasteiger partial charge in [-0.2, -0.15) is 0 Å². The molecule has 2 rings (SSSR count). The van der Waals surface area contributed by atoms with Gasteiger partial charge in [-0.3, -0.25) is 0 Å². The number of aryl methyl sites for hydroxylation is 1. The Bertz CT molecular complexity index is 503. The maximum absolute atomic E-state index is 13.5. The lowest BCUT2D eigenvalue weighted by molar-refractivity contribution is 0.631. The lowest BCUT2D eigenvalue weighted by atomic mass is 10.1. The molecule has 3 heteroatoms. The van der Waals surface area contributed by atoms with Crippen molar-refractivity contribution >= 4 is 11.4 Å². The number of hydrogen-bond acceptors (Lipinski definition) is 2. The summed E-state index contributed by atoms with van der Waals surface area (Å²) in [5, 5.41) is 3.02. The molecule has 0 heterocycles. The Kier molecular flexibility index (Phi) is 3.28. The van der Waals surface area contributed by atoms with E-state index in [0.29, 0.717) is 17.9 Å². The van der Waals surface area contributed by atoms with Crippen LogP contribution in [0.2, 0.25) is 0 Å². The molecule has 0 saturated heterocycles. The highest BCUT2D eigenvalue weighted by molar-refractivity contribution is 5.66. The number of halogens is 1. The molecule has 2 aromatic carbocycles. The number of anilines is 2. The first-order valence-corrected chi connectivity index (χ1v) is 5.50. The van der Waals surface area contributed by atoms with Gasteiger partial charge in [-0.15, -0.1) is 0 Å². The molecule has 0 aliphatic rings. The van der Waals surface area contributed by atoms with Crippen molar-refractivity contribution in [2.45, 2.75) is 13.5 Å². The molecule has 0 radical (unpaired) electrons. The molecule has 0 bridgehead atoms. The highest BCUT2D eigenvalue weighted by atomic mass is 19.1. The number of para-hydroxylation sites is 1. The Morgan fingerprint density at radius 1 is 1.18 bits per heavy atom. The first-order chi connectivity index (χ1) is 8.16. The van der Waals surface area contributed by atoms with Gasteiger partial charge in [0.05, 0.1) is 11.4 Å². The summed E-state index contributed by atoms with van der Waals surface area (Å²) in [6, 6.07) is 12.7. The van der Waals surface area contributed by atoms with E-state index in [1.165, 1.54) is 11.6 Å². The summed E-state index contributed by atoms with van der Waals surface area (Å²) in [6.45, 7) is 2.59. The van der Waals surface area contributed by atoms with E-state index in [1.807, 2.05) is 25.1 Å². The van der Waals surface area contributed by atoms with Gasteiger partial charge in [-0.25, -0.2) is 4.39 Å². The highest BCUT2D eigenvalue weighted by Gasteiger charge is 2.04. The van der Waals surface area contributed by atoms with Gasteiger partial charge in [0.1, 0.15) is 5.82 Å². The van der Waals surface area contributed by atoms with Crippen LogP contribution in [-0.2, 0) is 6.54 Å². The Balaban J connectivity index is 2.13. The molecule has 0 amide bonds. The molecule has 0 aromatic heterocycles. The number of rotatable bonds is 3. The Morgan fingerprint density at radius 3 is 2.65 bits per heavy atom. The van der Waals surface area contributed by atoms with E-state index in [0.717, 1.165) is 5.56 Å². The standard InChI is InChI=1S/C14H15FN2/c1-10-4-2-5-11(8-10)9-17-14-12(15)6-3-7-13(14)16/h2-8,17H,9,16H2,1H3.